The monoisotopic (exact) mass is 246 g/mol. The zero-order valence-corrected chi connectivity index (χ0v) is 10.7. The molecule has 0 aliphatic carbocycles. The summed E-state index contributed by atoms with van der Waals surface area (Å²) in [6, 6.07) is 9.55. The van der Waals surface area contributed by atoms with Gasteiger partial charge in [-0.1, -0.05) is 25.1 Å². The van der Waals surface area contributed by atoms with Crippen LogP contribution in [0.3, 0.4) is 0 Å². The van der Waals surface area contributed by atoms with Crippen LogP contribution in [-0.2, 0) is 7.05 Å². The van der Waals surface area contributed by atoms with Gasteiger partial charge >= 0.3 is 0 Å². The maximum atomic E-state index is 12.1. The Kier molecular flexibility index (Phi) is 3.67. The van der Waals surface area contributed by atoms with E-state index in [4.69, 9.17) is 5.11 Å². The fourth-order valence-corrected chi connectivity index (χ4v) is 2.04. The quantitative estimate of drug-likeness (QED) is 0.862. The second-order valence-electron chi connectivity index (χ2n) is 4.41. The highest BCUT2D eigenvalue weighted by molar-refractivity contribution is 5.98. The summed E-state index contributed by atoms with van der Waals surface area (Å²) >= 11 is 0. The summed E-state index contributed by atoms with van der Waals surface area (Å²) in [5, 5.41) is 13.0. The van der Waals surface area contributed by atoms with Crippen LogP contribution in [0, 0.1) is 0 Å². The number of carbonyl (C=O) groups excluding carboxylic acids is 1. The minimum Gasteiger partial charge on any atom is -0.394 e. The van der Waals surface area contributed by atoms with Gasteiger partial charge in [0.2, 0.25) is 0 Å². The lowest BCUT2D eigenvalue weighted by Crippen LogP contribution is -2.37. The molecule has 2 N–H and O–H groups in total. The average molecular weight is 246 g/mol. The van der Waals surface area contributed by atoms with E-state index in [0.29, 0.717) is 12.1 Å². The van der Waals surface area contributed by atoms with Crippen LogP contribution in [0.25, 0.3) is 10.9 Å². The number of rotatable bonds is 4. The summed E-state index contributed by atoms with van der Waals surface area (Å²) in [7, 11) is 1.87. The van der Waals surface area contributed by atoms with Crippen molar-refractivity contribution in [3.05, 3.63) is 36.0 Å². The van der Waals surface area contributed by atoms with Crippen LogP contribution in [-0.4, -0.2) is 28.2 Å². The molecule has 1 heterocycles. The van der Waals surface area contributed by atoms with Gasteiger partial charge in [0.15, 0.2) is 0 Å². The lowest BCUT2D eigenvalue weighted by Gasteiger charge is -2.14. The number of nitrogens with zero attached hydrogens (tertiary/aromatic N) is 1. The van der Waals surface area contributed by atoms with Crippen molar-refractivity contribution in [1.29, 1.82) is 0 Å². The van der Waals surface area contributed by atoms with Crippen LogP contribution in [0.2, 0.25) is 0 Å². The van der Waals surface area contributed by atoms with Gasteiger partial charge in [-0.25, -0.2) is 0 Å². The standard InChI is InChI=1S/C14H18N2O2/c1-3-11(9-17)15-14(18)13-8-10-6-4-5-7-12(10)16(13)2/h4-8,11,17H,3,9H2,1-2H3,(H,15,18). The molecule has 0 saturated heterocycles. The van der Waals surface area contributed by atoms with Crippen LogP contribution in [0.5, 0.6) is 0 Å². The van der Waals surface area contributed by atoms with Crippen molar-refractivity contribution >= 4 is 16.8 Å². The number of para-hydroxylation sites is 1. The maximum Gasteiger partial charge on any atom is 0.268 e. The van der Waals surface area contributed by atoms with E-state index in [0.717, 1.165) is 10.9 Å². The molecule has 4 nitrogen and oxygen atoms in total. The Bertz CT molecular complexity index is 556. The van der Waals surface area contributed by atoms with Crippen molar-refractivity contribution < 1.29 is 9.90 Å². The van der Waals surface area contributed by atoms with Crippen molar-refractivity contribution in [3.8, 4) is 0 Å². The highest BCUT2D eigenvalue weighted by atomic mass is 16.3. The number of aliphatic hydroxyl groups excluding tert-OH is 1. The molecule has 0 radical (unpaired) electrons. The first-order valence-electron chi connectivity index (χ1n) is 6.13. The van der Waals surface area contributed by atoms with Crippen LogP contribution in [0.1, 0.15) is 23.8 Å². The molecule has 0 aliphatic heterocycles. The van der Waals surface area contributed by atoms with Gasteiger partial charge in [-0.3, -0.25) is 4.79 Å². The minimum atomic E-state index is -0.185. The summed E-state index contributed by atoms with van der Waals surface area (Å²) in [5.41, 5.74) is 1.64. The molecule has 0 fully saturated rings. The molecule has 1 aromatic carbocycles. The average Bonchev–Trinajstić information content (AvgIpc) is 2.74. The Morgan fingerprint density at radius 3 is 2.78 bits per heavy atom. The predicted octanol–water partition coefficient (Wildman–Crippen LogP) is 1.68. The van der Waals surface area contributed by atoms with Crippen molar-refractivity contribution in [2.24, 2.45) is 7.05 Å². The van der Waals surface area contributed by atoms with E-state index in [1.165, 1.54) is 0 Å². The number of hydrogen-bond donors (Lipinski definition) is 2. The molecule has 2 rings (SSSR count). The zero-order valence-electron chi connectivity index (χ0n) is 10.7. The Balaban J connectivity index is 2.30. The second-order valence-corrected chi connectivity index (χ2v) is 4.41. The SMILES string of the molecule is CCC(CO)NC(=O)c1cc2ccccc2n1C. The predicted molar refractivity (Wildman–Crippen MR) is 71.6 cm³/mol. The number of aliphatic hydroxyl groups is 1. The van der Waals surface area contributed by atoms with Gasteiger partial charge < -0.3 is 15.0 Å². The van der Waals surface area contributed by atoms with Gasteiger partial charge in [0.1, 0.15) is 5.69 Å². The highest BCUT2D eigenvalue weighted by Crippen LogP contribution is 2.18. The van der Waals surface area contributed by atoms with E-state index in [1.807, 2.05) is 48.9 Å². The van der Waals surface area contributed by atoms with Gasteiger partial charge in [0, 0.05) is 18.0 Å². The Morgan fingerprint density at radius 2 is 2.17 bits per heavy atom. The molecular formula is C14H18N2O2. The molecular weight excluding hydrogens is 228 g/mol. The van der Waals surface area contributed by atoms with Crippen LogP contribution < -0.4 is 5.32 Å². The number of nitrogens with one attached hydrogen (secondary N) is 1. The molecule has 2 aromatic rings. The number of aromatic nitrogens is 1. The summed E-state index contributed by atoms with van der Waals surface area (Å²) in [6.45, 7) is 1.90. The number of carbonyl (C=O) groups is 1. The third kappa shape index (κ3) is 2.24. The van der Waals surface area contributed by atoms with E-state index < -0.39 is 0 Å². The minimum absolute atomic E-state index is 0.0355. The second kappa shape index (κ2) is 5.23. The first-order valence-corrected chi connectivity index (χ1v) is 6.13. The van der Waals surface area contributed by atoms with E-state index >= 15 is 0 Å². The summed E-state index contributed by atoms with van der Waals surface area (Å²) in [4.78, 5) is 12.1. The van der Waals surface area contributed by atoms with Crippen molar-refractivity contribution in [3.63, 3.8) is 0 Å². The van der Waals surface area contributed by atoms with Gasteiger partial charge in [-0.15, -0.1) is 0 Å². The topological polar surface area (TPSA) is 54.3 Å². The van der Waals surface area contributed by atoms with E-state index in [9.17, 15) is 4.79 Å². The fraction of sp³-hybridized carbons (Fsp3) is 0.357. The molecule has 1 unspecified atom stereocenters. The molecule has 18 heavy (non-hydrogen) atoms. The Labute approximate surface area is 106 Å². The summed E-state index contributed by atoms with van der Waals surface area (Å²) in [5.74, 6) is -0.144. The van der Waals surface area contributed by atoms with Gasteiger partial charge in [0.05, 0.1) is 12.6 Å². The number of benzene rings is 1. The van der Waals surface area contributed by atoms with E-state index in [1.54, 1.807) is 0 Å². The van der Waals surface area contributed by atoms with Gasteiger partial charge in [-0.2, -0.15) is 0 Å². The normalized spacial score (nSPS) is 12.6. The smallest absolute Gasteiger partial charge is 0.268 e. The lowest BCUT2D eigenvalue weighted by atomic mass is 10.2. The number of amides is 1. The van der Waals surface area contributed by atoms with E-state index in [-0.39, 0.29) is 18.6 Å². The van der Waals surface area contributed by atoms with Crippen LogP contribution in [0.4, 0.5) is 0 Å². The molecule has 0 saturated carbocycles. The Morgan fingerprint density at radius 1 is 1.44 bits per heavy atom. The third-order valence-electron chi connectivity index (χ3n) is 3.23. The maximum absolute atomic E-state index is 12.1. The van der Waals surface area contributed by atoms with Crippen molar-refractivity contribution in [2.45, 2.75) is 19.4 Å². The molecule has 1 atom stereocenters. The zero-order chi connectivity index (χ0) is 13.1. The molecule has 0 aliphatic rings. The van der Waals surface area contributed by atoms with Gasteiger partial charge in [-0.05, 0) is 18.6 Å². The first kappa shape index (κ1) is 12.6. The molecule has 1 amide bonds. The van der Waals surface area contributed by atoms with Crippen LogP contribution in [0.15, 0.2) is 30.3 Å². The Hall–Kier alpha value is -1.81. The number of fused-ring (bicyclic) bond motifs is 1. The summed E-state index contributed by atoms with van der Waals surface area (Å²) < 4.78 is 1.87. The highest BCUT2D eigenvalue weighted by Gasteiger charge is 2.15. The number of aryl methyl sites for hydroxylation is 1. The molecule has 96 valence electrons. The molecule has 0 bridgehead atoms. The fourth-order valence-electron chi connectivity index (χ4n) is 2.04. The third-order valence-corrected chi connectivity index (χ3v) is 3.23. The lowest BCUT2D eigenvalue weighted by molar-refractivity contribution is 0.0907. The van der Waals surface area contributed by atoms with Crippen molar-refractivity contribution in [1.82, 2.24) is 9.88 Å². The van der Waals surface area contributed by atoms with Gasteiger partial charge in [0.25, 0.3) is 5.91 Å². The van der Waals surface area contributed by atoms with Crippen molar-refractivity contribution in [2.75, 3.05) is 6.61 Å². The number of hydrogen-bond acceptors (Lipinski definition) is 2. The molecule has 1 aromatic heterocycles. The molecule has 4 heteroatoms. The largest absolute Gasteiger partial charge is 0.394 e. The van der Waals surface area contributed by atoms with Crippen LogP contribution >= 0.6 is 0 Å². The summed E-state index contributed by atoms with van der Waals surface area (Å²) in [6.07, 6.45) is 0.714. The molecule has 0 spiro atoms. The first-order chi connectivity index (χ1) is 8.67. The van der Waals surface area contributed by atoms with E-state index in [2.05, 4.69) is 5.32 Å².